The van der Waals surface area contributed by atoms with Crippen molar-refractivity contribution < 1.29 is 39.9 Å². The Morgan fingerprint density at radius 1 is 1.05 bits per heavy atom. The van der Waals surface area contributed by atoms with Gasteiger partial charge in [-0.1, -0.05) is 31.2 Å². The Bertz CT molecular complexity index is 1640. The Morgan fingerprint density at radius 3 is 2.37 bits per heavy atom. The molecule has 1 heterocycles. The maximum Gasteiger partial charge on any atom is 0.230 e. The van der Waals surface area contributed by atoms with Crippen molar-refractivity contribution in [1.82, 2.24) is 4.90 Å². The first kappa shape index (κ1) is 27.6. The van der Waals surface area contributed by atoms with Crippen molar-refractivity contribution in [2.45, 2.75) is 36.7 Å². The molecular formula is C30H30N2O8S. The highest BCUT2D eigenvalue weighted by atomic mass is 32.1. The van der Waals surface area contributed by atoms with Gasteiger partial charge in [-0.3, -0.25) is 14.4 Å². The molecule has 3 aliphatic carbocycles. The van der Waals surface area contributed by atoms with Gasteiger partial charge in [0.25, 0.3) is 0 Å². The number of nitrogens with two attached hydrogens (primary N) is 1. The van der Waals surface area contributed by atoms with Gasteiger partial charge < -0.3 is 36.2 Å². The Morgan fingerprint density at radius 2 is 1.73 bits per heavy atom. The van der Waals surface area contributed by atoms with E-state index in [-0.39, 0.29) is 11.3 Å². The molecule has 0 bridgehead atoms. The van der Waals surface area contributed by atoms with Crippen LogP contribution in [0.25, 0.3) is 26.3 Å². The number of carbonyl (C=O) groups excluding carboxylic acids is 3. The molecular weight excluding hydrogens is 548 g/mol. The summed E-state index contributed by atoms with van der Waals surface area (Å²) in [7, 11) is 3.05. The topological polar surface area (TPSA) is 182 Å². The van der Waals surface area contributed by atoms with Crippen LogP contribution >= 0.6 is 11.3 Å². The van der Waals surface area contributed by atoms with Crippen molar-refractivity contribution in [2.75, 3.05) is 14.1 Å². The molecule has 8 atom stereocenters. The average Bonchev–Trinajstić information content (AvgIpc) is 3.34. The molecule has 2 unspecified atom stereocenters. The second kappa shape index (κ2) is 9.20. The van der Waals surface area contributed by atoms with E-state index < -0.39 is 76.3 Å². The summed E-state index contributed by atoms with van der Waals surface area (Å²) in [5.74, 6) is -9.85. The fourth-order valence-electron chi connectivity index (χ4n) is 7.29. The van der Waals surface area contributed by atoms with Crippen molar-refractivity contribution >= 4 is 44.7 Å². The molecule has 10 nitrogen and oxygen atoms in total. The van der Waals surface area contributed by atoms with Gasteiger partial charge in [-0.2, -0.15) is 0 Å². The Labute approximate surface area is 238 Å². The summed E-state index contributed by atoms with van der Waals surface area (Å²) < 4.78 is 0.993. The van der Waals surface area contributed by atoms with Crippen LogP contribution in [-0.2, 0) is 14.4 Å². The van der Waals surface area contributed by atoms with E-state index in [9.17, 15) is 39.9 Å². The first-order valence-corrected chi connectivity index (χ1v) is 14.1. The molecule has 7 N–H and O–H groups in total. The van der Waals surface area contributed by atoms with Crippen molar-refractivity contribution in [1.29, 1.82) is 0 Å². The number of hydrogen-bond acceptors (Lipinski definition) is 10. The van der Waals surface area contributed by atoms with Gasteiger partial charge in [-0.15, -0.1) is 11.3 Å². The van der Waals surface area contributed by atoms with Crippen LogP contribution in [0.2, 0.25) is 0 Å². The summed E-state index contributed by atoms with van der Waals surface area (Å²) in [5.41, 5.74) is 2.91. The van der Waals surface area contributed by atoms with Crippen molar-refractivity contribution in [3.63, 3.8) is 0 Å². The first-order valence-electron chi connectivity index (χ1n) is 13.2. The lowest BCUT2D eigenvalue weighted by molar-refractivity contribution is -0.199. The molecule has 3 aliphatic rings. The van der Waals surface area contributed by atoms with Crippen molar-refractivity contribution in [3.8, 4) is 16.2 Å². The molecule has 214 valence electrons. The number of thiophene rings is 1. The van der Waals surface area contributed by atoms with E-state index in [4.69, 9.17) is 5.73 Å². The summed E-state index contributed by atoms with van der Waals surface area (Å²) in [6.07, 6.45) is -3.29. The minimum Gasteiger partial charge on any atom is -0.507 e. The average molecular weight is 579 g/mol. The largest absolute Gasteiger partial charge is 0.507 e. The van der Waals surface area contributed by atoms with E-state index in [1.54, 1.807) is 19.1 Å². The predicted molar refractivity (Wildman–Crippen MR) is 151 cm³/mol. The number of ketones is 2. The lowest BCUT2D eigenvalue weighted by Crippen LogP contribution is -2.76. The highest BCUT2D eigenvalue weighted by Gasteiger charge is 2.71. The molecule has 1 aromatic heterocycles. The number of likely N-dealkylation sites (N-methyl/N-ethyl adjacent to an activating group) is 1. The number of aliphatic hydroxyl groups excluding tert-OH is 3. The predicted octanol–water partition coefficient (Wildman–Crippen LogP) is 1.54. The van der Waals surface area contributed by atoms with Crippen molar-refractivity contribution in [2.24, 2.45) is 23.5 Å². The van der Waals surface area contributed by atoms with Crippen LogP contribution in [0, 0.1) is 17.8 Å². The van der Waals surface area contributed by atoms with Gasteiger partial charge in [0, 0.05) is 38.6 Å². The third-order valence-corrected chi connectivity index (χ3v) is 10.3. The number of fused-ring (bicyclic) bond motifs is 4. The minimum absolute atomic E-state index is 0.0276. The third kappa shape index (κ3) is 3.53. The van der Waals surface area contributed by atoms with E-state index in [0.717, 1.165) is 15.0 Å². The van der Waals surface area contributed by atoms with Gasteiger partial charge in [0.1, 0.15) is 17.4 Å². The number of nitrogens with zero attached hydrogens (tertiary/aromatic N) is 1. The third-order valence-electron chi connectivity index (χ3n) is 9.19. The molecule has 0 spiro atoms. The van der Waals surface area contributed by atoms with Gasteiger partial charge in [0.05, 0.1) is 17.8 Å². The van der Waals surface area contributed by atoms with Crippen LogP contribution in [0.3, 0.4) is 0 Å². The first-order chi connectivity index (χ1) is 19.3. The molecule has 11 heteroatoms. The number of hydrogen-bond donors (Lipinski definition) is 6. The Kier molecular flexibility index (Phi) is 6.18. The highest BCUT2D eigenvalue weighted by Crippen LogP contribution is 2.56. The van der Waals surface area contributed by atoms with Crippen LogP contribution < -0.4 is 5.73 Å². The number of primary amides is 1. The molecule has 41 heavy (non-hydrogen) atoms. The zero-order valence-corrected chi connectivity index (χ0v) is 23.3. The van der Waals surface area contributed by atoms with Crippen LogP contribution in [0.5, 0.6) is 5.75 Å². The molecule has 0 radical (unpaired) electrons. The number of phenolic OH excluding ortho intramolecular Hbond substituents is 1. The van der Waals surface area contributed by atoms with E-state index in [1.807, 2.05) is 30.3 Å². The molecule has 0 aliphatic heterocycles. The molecule has 0 saturated heterocycles. The SMILES string of the molecule is C[C@H]1c2ccc(-c3cc4ccccc4s3)c(O)c2C(O)=C2C(=O)[C@]3(O)C(=O)C(C(N)=O)C(O)[C@@H](N(C)C)[C@@H]3[C@@H](O)[C@@H]21. The Balaban J connectivity index is 1.56. The van der Waals surface area contributed by atoms with Gasteiger partial charge >= 0.3 is 0 Å². The molecule has 1 amide bonds. The van der Waals surface area contributed by atoms with E-state index in [0.29, 0.717) is 11.1 Å². The fourth-order valence-corrected chi connectivity index (χ4v) is 8.38. The second-order valence-electron chi connectivity index (χ2n) is 11.5. The minimum atomic E-state index is -2.96. The molecule has 2 fully saturated rings. The maximum absolute atomic E-state index is 14.1. The quantitative estimate of drug-likeness (QED) is 0.251. The van der Waals surface area contributed by atoms with Crippen LogP contribution in [0.15, 0.2) is 48.0 Å². The summed E-state index contributed by atoms with van der Waals surface area (Å²) >= 11 is 1.44. The normalized spacial score (nSPS) is 33.1. The molecule has 2 aromatic carbocycles. The second-order valence-corrected chi connectivity index (χ2v) is 12.5. The lowest BCUT2D eigenvalue weighted by Gasteiger charge is -2.56. The van der Waals surface area contributed by atoms with E-state index in [2.05, 4.69) is 0 Å². The number of amides is 1. The van der Waals surface area contributed by atoms with Gasteiger partial charge in [0.2, 0.25) is 11.7 Å². The Hall–Kier alpha value is -3.61. The number of aromatic hydroxyl groups is 1. The smallest absolute Gasteiger partial charge is 0.230 e. The summed E-state index contributed by atoms with van der Waals surface area (Å²) in [6.45, 7) is 1.72. The van der Waals surface area contributed by atoms with Crippen LogP contribution in [-0.4, -0.2) is 85.9 Å². The van der Waals surface area contributed by atoms with E-state index in [1.165, 1.54) is 30.3 Å². The van der Waals surface area contributed by atoms with Gasteiger partial charge in [0.15, 0.2) is 11.4 Å². The zero-order chi connectivity index (χ0) is 29.7. The van der Waals surface area contributed by atoms with Crippen LogP contribution in [0.1, 0.15) is 24.0 Å². The number of carbonyl (C=O) groups is 3. The zero-order valence-electron chi connectivity index (χ0n) is 22.5. The van der Waals surface area contributed by atoms with E-state index >= 15 is 0 Å². The van der Waals surface area contributed by atoms with Gasteiger partial charge in [-0.05, 0) is 49.2 Å². The van der Waals surface area contributed by atoms with Crippen molar-refractivity contribution in [3.05, 3.63) is 59.2 Å². The summed E-state index contributed by atoms with van der Waals surface area (Å²) in [6, 6.07) is 11.8. The molecule has 3 aromatic rings. The number of phenols is 1. The molecule has 2 saturated carbocycles. The van der Waals surface area contributed by atoms with Gasteiger partial charge in [-0.25, -0.2) is 0 Å². The number of benzene rings is 2. The summed E-state index contributed by atoms with van der Waals surface area (Å²) in [5, 5.41) is 58.6. The highest BCUT2D eigenvalue weighted by molar-refractivity contribution is 7.22. The lowest BCUT2D eigenvalue weighted by atomic mass is 9.51. The molecule has 6 rings (SSSR count). The number of rotatable bonds is 3. The fraction of sp³-hybridized carbons (Fsp3) is 0.367. The number of Topliss-reactive ketones (excluding diaryl/α,β-unsaturated/α-hetero) is 2. The monoisotopic (exact) mass is 578 g/mol. The standard InChI is InChI=1S/C30H30N2O8S/c1-11-13-8-9-14(16-10-12-6-4-5-7-15(12)41-16)23(33)18(13)24(34)19-17(11)25(35)21-22(32(2)3)26(36)20(29(31)39)28(38)30(21,40)27(19)37/h4-11,17,20-22,25-26,33-36,40H,1-3H3,(H2,31,39)/t11-,17+,20?,21+,22-,25-,26?,30-/m0/s1. The summed E-state index contributed by atoms with van der Waals surface area (Å²) in [4.78, 5) is 42.1. The maximum atomic E-state index is 14.1. The van der Waals surface area contributed by atoms with Crippen LogP contribution in [0.4, 0.5) is 0 Å². The number of aliphatic hydroxyl groups is 4.